The molecule has 108 valence electrons. The van der Waals surface area contributed by atoms with E-state index in [0.717, 1.165) is 35.1 Å². The first-order valence-corrected chi connectivity index (χ1v) is 7.59. The van der Waals surface area contributed by atoms with Gasteiger partial charge in [-0.15, -0.1) is 11.3 Å². The third-order valence-corrected chi connectivity index (χ3v) is 4.29. The van der Waals surface area contributed by atoms with Crippen molar-refractivity contribution in [2.75, 3.05) is 36.9 Å². The van der Waals surface area contributed by atoms with Crippen molar-refractivity contribution >= 4 is 34.3 Å². The Morgan fingerprint density at radius 1 is 1.24 bits per heavy atom. The SMILES string of the molecule is Nc1nc(N2CCOCC2)c2[nH]c(-c3cccs3)nc2n1. The minimum Gasteiger partial charge on any atom is -0.378 e. The molecule has 8 heteroatoms. The van der Waals surface area contributed by atoms with E-state index in [9.17, 15) is 0 Å². The molecule has 0 unspecified atom stereocenters. The van der Waals surface area contributed by atoms with Gasteiger partial charge in [0.2, 0.25) is 5.95 Å². The van der Waals surface area contributed by atoms with E-state index in [1.807, 2.05) is 17.5 Å². The summed E-state index contributed by atoms with van der Waals surface area (Å²) in [5.41, 5.74) is 7.26. The minimum atomic E-state index is 0.244. The highest BCUT2D eigenvalue weighted by molar-refractivity contribution is 7.13. The predicted molar refractivity (Wildman–Crippen MR) is 82.4 cm³/mol. The number of aromatic nitrogens is 4. The van der Waals surface area contributed by atoms with Gasteiger partial charge in [-0.3, -0.25) is 0 Å². The van der Waals surface area contributed by atoms with E-state index in [1.54, 1.807) is 11.3 Å². The Labute approximate surface area is 124 Å². The van der Waals surface area contributed by atoms with Gasteiger partial charge in [0, 0.05) is 13.1 Å². The quantitative estimate of drug-likeness (QED) is 0.745. The molecule has 0 aromatic carbocycles. The van der Waals surface area contributed by atoms with Gasteiger partial charge in [-0.2, -0.15) is 9.97 Å². The maximum atomic E-state index is 5.83. The molecule has 3 aromatic rings. The van der Waals surface area contributed by atoms with Gasteiger partial charge in [0.15, 0.2) is 17.3 Å². The van der Waals surface area contributed by atoms with Gasteiger partial charge in [0.25, 0.3) is 0 Å². The maximum Gasteiger partial charge on any atom is 0.224 e. The lowest BCUT2D eigenvalue weighted by atomic mass is 10.4. The number of morpholine rings is 1. The number of hydrogen-bond acceptors (Lipinski definition) is 7. The summed E-state index contributed by atoms with van der Waals surface area (Å²) in [5, 5.41) is 2.02. The van der Waals surface area contributed by atoms with Crippen molar-refractivity contribution in [1.29, 1.82) is 0 Å². The highest BCUT2D eigenvalue weighted by atomic mass is 32.1. The molecule has 7 nitrogen and oxygen atoms in total. The second-order valence-corrected chi connectivity index (χ2v) is 5.71. The van der Waals surface area contributed by atoms with Gasteiger partial charge in [-0.25, -0.2) is 4.98 Å². The fraction of sp³-hybridized carbons (Fsp3) is 0.308. The van der Waals surface area contributed by atoms with Crippen LogP contribution in [-0.2, 0) is 4.74 Å². The van der Waals surface area contributed by atoms with Gasteiger partial charge in [0.1, 0.15) is 5.52 Å². The number of ether oxygens (including phenoxy) is 1. The van der Waals surface area contributed by atoms with Crippen molar-refractivity contribution in [3.63, 3.8) is 0 Å². The van der Waals surface area contributed by atoms with E-state index in [-0.39, 0.29) is 5.95 Å². The Morgan fingerprint density at radius 3 is 2.86 bits per heavy atom. The molecule has 0 spiro atoms. The summed E-state index contributed by atoms with van der Waals surface area (Å²) in [6.07, 6.45) is 0. The molecule has 3 N–H and O–H groups in total. The van der Waals surface area contributed by atoms with E-state index in [0.29, 0.717) is 18.9 Å². The van der Waals surface area contributed by atoms with Gasteiger partial charge in [0.05, 0.1) is 18.1 Å². The summed E-state index contributed by atoms with van der Waals surface area (Å²) in [5.74, 6) is 1.85. The van der Waals surface area contributed by atoms with E-state index in [4.69, 9.17) is 10.5 Å². The third kappa shape index (κ3) is 2.22. The summed E-state index contributed by atoms with van der Waals surface area (Å²) in [6, 6.07) is 4.02. The van der Waals surface area contributed by atoms with Crippen molar-refractivity contribution in [2.45, 2.75) is 0 Å². The van der Waals surface area contributed by atoms with Crippen LogP contribution in [0.4, 0.5) is 11.8 Å². The van der Waals surface area contributed by atoms with Crippen LogP contribution in [0, 0.1) is 0 Å². The number of imidazole rings is 1. The molecule has 1 saturated heterocycles. The van der Waals surface area contributed by atoms with Crippen molar-refractivity contribution < 1.29 is 4.74 Å². The lowest BCUT2D eigenvalue weighted by Gasteiger charge is -2.27. The predicted octanol–water partition coefficient (Wildman–Crippen LogP) is 1.50. The molecule has 0 aliphatic carbocycles. The molecule has 0 amide bonds. The minimum absolute atomic E-state index is 0.244. The summed E-state index contributed by atoms with van der Waals surface area (Å²) >= 11 is 1.63. The van der Waals surface area contributed by atoms with Crippen molar-refractivity contribution in [1.82, 2.24) is 19.9 Å². The van der Waals surface area contributed by atoms with Crippen LogP contribution in [0.25, 0.3) is 21.9 Å². The molecule has 21 heavy (non-hydrogen) atoms. The zero-order valence-electron chi connectivity index (χ0n) is 11.2. The van der Waals surface area contributed by atoms with Crippen molar-refractivity contribution in [2.24, 2.45) is 0 Å². The number of nitrogens with one attached hydrogen (secondary N) is 1. The molecule has 4 heterocycles. The Bertz CT molecular complexity index is 762. The number of nitrogens with two attached hydrogens (primary N) is 1. The van der Waals surface area contributed by atoms with Crippen molar-refractivity contribution in [3.05, 3.63) is 17.5 Å². The number of rotatable bonds is 2. The van der Waals surface area contributed by atoms with Crippen LogP contribution in [0.5, 0.6) is 0 Å². The second-order valence-electron chi connectivity index (χ2n) is 4.77. The zero-order valence-corrected chi connectivity index (χ0v) is 12.1. The highest BCUT2D eigenvalue weighted by Gasteiger charge is 2.19. The molecule has 1 aliphatic heterocycles. The summed E-state index contributed by atoms with van der Waals surface area (Å²) in [6.45, 7) is 2.96. The Kier molecular flexibility index (Phi) is 2.97. The number of H-pyrrole nitrogens is 1. The Balaban J connectivity index is 1.85. The van der Waals surface area contributed by atoms with Gasteiger partial charge < -0.3 is 20.4 Å². The average molecular weight is 302 g/mol. The normalized spacial score (nSPS) is 15.7. The summed E-state index contributed by atoms with van der Waals surface area (Å²) < 4.78 is 5.39. The van der Waals surface area contributed by atoms with Crippen LogP contribution in [0.3, 0.4) is 0 Å². The van der Waals surface area contributed by atoms with Gasteiger partial charge >= 0.3 is 0 Å². The standard InChI is InChI=1S/C13H14N6OS/c14-13-17-11-9(12(18-13)19-3-5-20-6-4-19)15-10(16-11)8-2-1-7-21-8/h1-2,7H,3-6H2,(H3,14,15,16,17,18). The number of nitrogens with zero attached hydrogens (tertiary/aromatic N) is 4. The molecule has 0 atom stereocenters. The molecule has 1 fully saturated rings. The lowest BCUT2D eigenvalue weighted by Crippen LogP contribution is -2.37. The third-order valence-electron chi connectivity index (χ3n) is 3.41. The van der Waals surface area contributed by atoms with E-state index in [2.05, 4.69) is 24.8 Å². The number of thiophene rings is 1. The molecule has 4 rings (SSSR count). The van der Waals surface area contributed by atoms with Crippen LogP contribution >= 0.6 is 11.3 Å². The number of hydrogen-bond donors (Lipinski definition) is 2. The average Bonchev–Trinajstić information content (AvgIpc) is 3.16. The first-order valence-electron chi connectivity index (χ1n) is 6.71. The van der Waals surface area contributed by atoms with Crippen LogP contribution in [0.15, 0.2) is 17.5 Å². The largest absolute Gasteiger partial charge is 0.378 e. The number of nitrogen functional groups attached to an aromatic ring is 1. The topological polar surface area (TPSA) is 92.9 Å². The smallest absolute Gasteiger partial charge is 0.224 e. The first kappa shape index (κ1) is 12.5. The van der Waals surface area contributed by atoms with Crippen LogP contribution in [-0.4, -0.2) is 46.2 Å². The Hall–Kier alpha value is -2.19. The van der Waals surface area contributed by atoms with E-state index < -0.39 is 0 Å². The molecule has 0 saturated carbocycles. The zero-order chi connectivity index (χ0) is 14.2. The monoisotopic (exact) mass is 302 g/mol. The van der Waals surface area contributed by atoms with E-state index in [1.165, 1.54) is 0 Å². The summed E-state index contributed by atoms with van der Waals surface area (Å²) in [7, 11) is 0. The fourth-order valence-corrected chi connectivity index (χ4v) is 3.10. The molecular weight excluding hydrogens is 288 g/mol. The Morgan fingerprint density at radius 2 is 2.10 bits per heavy atom. The summed E-state index contributed by atoms with van der Waals surface area (Å²) in [4.78, 5) is 19.7. The van der Waals surface area contributed by atoms with Crippen LogP contribution < -0.4 is 10.6 Å². The van der Waals surface area contributed by atoms with Crippen LogP contribution in [0.2, 0.25) is 0 Å². The van der Waals surface area contributed by atoms with E-state index >= 15 is 0 Å². The number of aromatic amines is 1. The van der Waals surface area contributed by atoms with Gasteiger partial charge in [-0.1, -0.05) is 6.07 Å². The molecule has 3 aromatic heterocycles. The number of anilines is 2. The second kappa shape index (κ2) is 4.97. The molecule has 0 radical (unpaired) electrons. The maximum absolute atomic E-state index is 5.83. The highest BCUT2D eigenvalue weighted by Crippen LogP contribution is 2.28. The van der Waals surface area contributed by atoms with Crippen molar-refractivity contribution in [3.8, 4) is 10.7 Å². The molecule has 1 aliphatic rings. The molecular formula is C13H14N6OS. The fourth-order valence-electron chi connectivity index (χ4n) is 2.43. The lowest BCUT2D eigenvalue weighted by molar-refractivity contribution is 0.122. The first-order chi connectivity index (χ1) is 10.3. The molecule has 0 bridgehead atoms. The van der Waals surface area contributed by atoms with Gasteiger partial charge in [-0.05, 0) is 11.4 Å². The van der Waals surface area contributed by atoms with Crippen LogP contribution in [0.1, 0.15) is 0 Å². The number of fused-ring (bicyclic) bond motifs is 1.